The van der Waals surface area contributed by atoms with E-state index in [4.69, 9.17) is 0 Å². The van der Waals surface area contributed by atoms with Gasteiger partial charge in [0.05, 0.1) is 4.90 Å². The monoisotopic (exact) mass is 391 g/mol. The van der Waals surface area contributed by atoms with E-state index in [-0.39, 0.29) is 16.7 Å². The lowest BCUT2D eigenvalue weighted by atomic mass is 9.79. The molecule has 1 heterocycles. The fourth-order valence-electron chi connectivity index (χ4n) is 3.58. The van der Waals surface area contributed by atoms with Crippen LogP contribution in [0.5, 0.6) is 0 Å². The van der Waals surface area contributed by atoms with Crippen LogP contribution >= 0.6 is 11.3 Å². The Labute approximate surface area is 157 Å². The van der Waals surface area contributed by atoms with Gasteiger partial charge in [-0.05, 0) is 68.2 Å². The van der Waals surface area contributed by atoms with Crippen LogP contribution in [0.2, 0.25) is 0 Å². The van der Waals surface area contributed by atoms with Gasteiger partial charge < -0.3 is 5.32 Å². The molecule has 0 saturated heterocycles. The number of nitrogens with zero attached hydrogens (tertiary/aromatic N) is 1. The number of amides is 1. The molecule has 0 bridgehead atoms. The second kappa shape index (κ2) is 6.66. The van der Waals surface area contributed by atoms with E-state index in [9.17, 15) is 13.2 Å². The molecule has 6 nitrogen and oxygen atoms in total. The van der Waals surface area contributed by atoms with Crippen LogP contribution in [-0.4, -0.2) is 19.3 Å². The Balaban J connectivity index is 1.37. The highest BCUT2D eigenvalue weighted by Gasteiger charge is 2.45. The van der Waals surface area contributed by atoms with Crippen molar-refractivity contribution in [2.24, 2.45) is 11.3 Å². The maximum absolute atomic E-state index is 12.4. The summed E-state index contributed by atoms with van der Waals surface area (Å²) in [6, 6.07) is 6.23. The number of nitrogens with one attached hydrogen (secondary N) is 2. The van der Waals surface area contributed by atoms with Crippen molar-refractivity contribution in [1.29, 1.82) is 0 Å². The fourth-order valence-corrected chi connectivity index (χ4v) is 5.37. The number of anilines is 2. The van der Waals surface area contributed by atoms with Gasteiger partial charge >= 0.3 is 0 Å². The highest BCUT2D eigenvalue weighted by molar-refractivity contribution is 7.93. The second-order valence-corrected chi connectivity index (χ2v) is 9.81. The summed E-state index contributed by atoms with van der Waals surface area (Å²) >= 11 is 1.22. The summed E-state index contributed by atoms with van der Waals surface area (Å²) in [5.74, 6) is 0.105. The van der Waals surface area contributed by atoms with Gasteiger partial charge in [0, 0.05) is 23.2 Å². The highest BCUT2D eigenvalue weighted by atomic mass is 32.2. The van der Waals surface area contributed by atoms with Crippen molar-refractivity contribution < 1.29 is 13.2 Å². The average Bonchev–Trinajstić information content (AvgIpc) is 3.17. The molecule has 0 aliphatic heterocycles. The number of carbonyl (C=O) groups is 1. The number of sulfonamides is 1. The molecule has 26 heavy (non-hydrogen) atoms. The zero-order valence-electron chi connectivity index (χ0n) is 14.3. The smallest absolute Gasteiger partial charge is 0.263 e. The molecule has 2 aliphatic rings. The van der Waals surface area contributed by atoms with Crippen LogP contribution < -0.4 is 10.0 Å². The number of hydrogen-bond acceptors (Lipinski definition) is 5. The summed E-state index contributed by atoms with van der Waals surface area (Å²) in [4.78, 5) is 16.5. The van der Waals surface area contributed by atoms with Gasteiger partial charge in [0.15, 0.2) is 5.13 Å². The molecule has 2 N–H and O–H groups in total. The lowest BCUT2D eigenvalue weighted by molar-refractivity contribution is -0.121. The molecule has 2 fully saturated rings. The van der Waals surface area contributed by atoms with Gasteiger partial charge in [-0.15, -0.1) is 11.3 Å². The second-order valence-electron chi connectivity index (χ2n) is 7.23. The van der Waals surface area contributed by atoms with Gasteiger partial charge in [0.25, 0.3) is 10.0 Å². The van der Waals surface area contributed by atoms with Gasteiger partial charge in [-0.25, -0.2) is 13.4 Å². The van der Waals surface area contributed by atoms with Crippen molar-refractivity contribution in [1.82, 2.24) is 4.98 Å². The molecule has 2 aromatic rings. The zero-order valence-corrected chi connectivity index (χ0v) is 15.9. The Morgan fingerprint density at radius 2 is 1.81 bits per heavy atom. The summed E-state index contributed by atoms with van der Waals surface area (Å²) in [6.07, 6.45) is 8.41. The SMILES string of the molecule is O=C(Nc1ccc(S(=O)(=O)Nc2nccs2)cc1)C1CCC2(CC1)CC2. The molecule has 1 aromatic heterocycles. The summed E-state index contributed by atoms with van der Waals surface area (Å²) in [7, 11) is -3.67. The number of aromatic nitrogens is 1. The third-order valence-electron chi connectivity index (χ3n) is 5.46. The van der Waals surface area contributed by atoms with E-state index in [1.807, 2.05) is 0 Å². The highest BCUT2D eigenvalue weighted by Crippen LogP contribution is 2.57. The van der Waals surface area contributed by atoms with E-state index in [1.54, 1.807) is 17.5 Å². The van der Waals surface area contributed by atoms with E-state index in [0.29, 0.717) is 16.2 Å². The maximum Gasteiger partial charge on any atom is 0.263 e. The minimum absolute atomic E-state index is 0.0389. The molecule has 138 valence electrons. The van der Waals surface area contributed by atoms with E-state index >= 15 is 0 Å². The molecule has 0 radical (unpaired) electrons. The van der Waals surface area contributed by atoms with E-state index in [1.165, 1.54) is 42.5 Å². The molecule has 4 rings (SSSR count). The van der Waals surface area contributed by atoms with Gasteiger partial charge in [-0.3, -0.25) is 9.52 Å². The molecule has 1 spiro atoms. The number of thiazole rings is 1. The molecule has 1 amide bonds. The maximum atomic E-state index is 12.4. The average molecular weight is 392 g/mol. The van der Waals surface area contributed by atoms with E-state index < -0.39 is 10.0 Å². The van der Waals surface area contributed by atoms with Gasteiger partial charge in [-0.2, -0.15) is 0 Å². The molecule has 2 aliphatic carbocycles. The minimum Gasteiger partial charge on any atom is -0.326 e. The van der Waals surface area contributed by atoms with Crippen molar-refractivity contribution >= 4 is 38.1 Å². The lowest BCUT2D eigenvalue weighted by Crippen LogP contribution is -2.27. The first-order valence-corrected chi connectivity index (χ1v) is 11.2. The topological polar surface area (TPSA) is 88.2 Å². The van der Waals surface area contributed by atoms with Crippen molar-refractivity contribution in [2.75, 3.05) is 10.0 Å². The minimum atomic E-state index is -3.67. The third-order valence-corrected chi connectivity index (χ3v) is 7.63. The Kier molecular flexibility index (Phi) is 4.48. The van der Waals surface area contributed by atoms with Gasteiger partial charge in [-0.1, -0.05) is 0 Å². The van der Waals surface area contributed by atoms with E-state index in [0.717, 1.165) is 25.7 Å². The number of carbonyl (C=O) groups excluding carboxylic acids is 1. The predicted octanol–water partition coefficient (Wildman–Crippen LogP) is 3.85. The van der Waals surface area contributed by atoms with Crippen molar-refractivity contribution in [3.05, 3.63) is 35.8 Å². The van der Waals surface area contributed by atoms with Gasteiger partial charge in [0.1, 0.15) is 0 Å². The van der Waals surface area contributed by atoms with Crippen molar-refractivity contribution in [3.63, 3.8) is 0 Å². The zero-order chi connectivity index (χ0) is 18.2. The largest absolute Gasteiger partial charge is 0.326 e. The number of benzene rings is 1. The molecule has 0 atom stereocenters. The summed E-state index contributed by atoms with van der Waals surface area (Å²) in [5.41, 5.74) is 1.19. The van der Waals surface area contributed by atoms with Crippen molar-refractivity contribution in [2.45, 2.75) is 43.4 Å². The van der Waals surface area contributed by atoms with Crippen LogP contribution in [-0.2, 0) is 14.8 Å². The summed E-state index contributed by atoms with van der Waals surface area (Å²) in [5, 5.41) is 4.95. The quantitative estimate of drug-likeness (QED) is 0.810. The van der Waals surface area contributed by atoms with Crippen LogP contribution in [0.15, 0.2) is 40.7 Å². The van der Waals surface area contributed by atoms with Crippen LogP contribution in [0, 0.1) is 11.3 Å². The standard InChI is InChI=1S/C18H21N3O3S2/c22-16(13-5-7-18(8-6-13)9-10-18)20-14-1-3-15(4-2-14)26(23,24)21-17-19-11-12-25-17/h1-4,11-13H,5-10H2,(H,19,21)(H,20,22). The first-order valence-electron chi connectivity index (χ1n) is 8.79. The molecular weight excluding hydrogens is 370 g/mol. The lowest BCUT2D eigenvalue weighted by Gasteiger charge is -2.27. The first-order chi connectivity index (χ1) is 12.5. The molecule has 8 heteroatoms. The van der Waals surface area contributed by atoms with E-state index in [2.05, 4.69) is 15.0 Å². The Hall–Kier alpha value is -1.93. The molecule has 1 aromatic carbocycles. The summed E-state index contributed by atoms with van der Waals surface area (Å²) < 4.78 is 27.1. The number of rotatable bonds is 5. The molecular formula is C18H21N3O3S2. The summed E-state index contributed by atoms with van der Waals surface area (Å²) in [6.45, 7) is 0. The fraction of sp³-hybridized carbons (Fsp3) is 0.444. The normalized spacial score (nSPS) is 19.2. The van der Waals surface area contributed by atoms with Crippen LogP contribution in [0.3, 0.4) is 0 Å². The molecule has 0 unspecified atom stereocenters. The number of hydrogen-bond donors (Lipinski definition) is 2. The van der Waals surface area contributed by atoms with Crippen molar-refractivity contribution in [3.8, 4) is 0 Å². The Bertz CT molecular complexity index is 878. The predicted molar refractivity (Wildman–Crippen MR) is 102 cm³/mol. The Morgan fingerprint density at radius 3 is 2.38 bits per heavy atom. The third kappa shape index (κ3) is 3.76. The van der Waals surface area contributed by atoms with Crippen LogP contribution in [0.1, 0.15) is 38.5 Å². The van der Waals surface area contributed by atoms with Crippen LogP contribution in [0.25, 0.3) is 0 Å². The molecule has 2 saturated carbocycles. The Morgan fingerprint density at radius 1 is 1.12 bits per heavy atom. The van der Waals surface area contributed by atoms with Gasteiger partial charge in [0.2, 0.25) is 5.91 Å². The first kappa shape index (κ1) is 17.5. The van der Waals surface area contributed by atoms with Crippen LogP contribution in [0.4, 0.5) is 10.8 Å².